The van der Waals surface area contributed by atoms with E-state index in [4.69, 9.17) is 16.0 Å². The van der Waals surface area contributed by atoms with Crippen molar-refractivity contribution in [2.75, 3.05) is 10.6 Å². The van der Waals surface area contributed by atoms with Gasteiger partial charge in [-0.1, -0.05) is 17.7 Å². The fraction of sp³-hybridized carbons (Fsp3) is 0.0667. The van der Waals surface area contributed by atoms with Gasteiger partial charge in [0.1, 0.15) is 11.6 Å². The van der Waals surface area contributed by atoms with E-state index in [1.54, 1.807) is 18.5 Å². The highest BCUT2D eigenvalue weighted by Crippen LogP contribution is 2.18. The third kappa shape index (κ3) is 3.73. The zero-order valence-corrected chi connectivity index (χ0v) is 11.8. The first-order valence-corrected chi connectivity index (χ1v) is 6.79. The highest BCUT2D eigenvalue weighted by atomic mass is 35.5. The van der Waals surface area contributed by atoms with Crippen molar-refractivity contribution in [2.24, 2.45) is 0 Å². The number of nitrogens with one attached hydrogen (secondary N) is 2. The summed E-state index contributed by atoms with van der Waals surface area (Å²) in [6.45, 7) is 0.570. The van der Waals surface area contributed by atoms with Crippen molar-refractivity contribution in [2.45, 2.75) is 6.54 Å². The molecule has 3 aromatic rings. The van der Waals surface area contributed by atoms with Gasteiger partial charge in [0.2, 0.25) is 5.95 Å². The van der Waals surface area contributed by atoms with Gasteiger partial charge in [-0.05, 0) is 36.4 Å². The Bertz CT molecular complexity index is 715. The van der Waals surface area contributed by atoms with Gasteiger partial charge in [-0.2, -0.15) is 4.98 Å². The summed E-state index contributed by atoms with van der Waals surface area (Å²) in [7, 11) is 0. The van der Waals surface area contributed by atoms with Crippen LogP contribution in [0.2, 0.25) is 5.02 Å². The highest BCUT2D eigenvalue weighted by Gasteiger charge is 2.02. The highest BCUT2D eigenvalue weighted by molar-refractivity contribution is 6.30. The van der Waals surface area contributed by atoms with Crippen LogP contribution in [0.3, 0.4) is 0 Å². The first-order chi connectivity index (χ1) is 10.3. The zero-order valence-electron chi connectivity index (χ0n) is 11.1. The minimum atomic E-state index is 0.502. The summed E-state index contributed by atoms with van der Waals surface area (Å²) in [5.41, 5.74) is 0.839. The molecule has 3 rings (SSSR count). The van der Waals surface area contributed by atoms with Gasteiger partial charge in [-0.15, -0.1) is 0 Å². The Labute approximate surface area is 127 Å². The van der Waals surface area contributed by atoms with Crippen molar-refractivity contribution < 1.29 is 4.42 Å². The van der Waals surface area contributed by atoms with Crippen molar-refractivity contribution in [3.63, 3.8) is 0 Å². The van der Waals surface area contributed by atoms with Gasteiger partial charge in [0, 0.05) is 16.9 Å². The minimum Gasteiger partial charge on any atom is -0.467 e. The van der Waals surface area contributed by atoms with E-state index in [-0.39, 0.29) is 0 Å². The van der Waals surface area contributed by atoms with Crippen LogP contribution in [0.15, 0.2) is 59.3 Å². The molecule has 5 nitrogen and oxygen atoms in total. The summed E-state index contributed by atoms with van der Waals surface area (Å²) in [6.07, 6.45) is 3.33. The van der Waals surface area contributed by atoms with E-state index in [0.29, 0.717) is 23.3 Å². The van der Waals surface area contributed by atoms with E-state index < -0.39 is 0 Å². The van der Waals surface area contributed by atoms with Gasteiger partial charge in [0.05, 0.1) is 12.8 Å². The van der Waals surface area contributed by atoms with Crippen LogP contribution in [0.25, 0.3) is 0 Å². The molecule has 0 saturated carbocycles. The summed E-state index contributed by atoms with van der Waals surface area (Å²) in [5, 5.41) is 6.94. The predicted octanol–water partition coefficient (Wildman–Crippen LogP) is 4.08. The van der Waals surface area contributed by atoms with Crippen molar-refractivity contribution >= 4 is 29.1 Å². The number of hydrogen-bond donors (Lipinski definition) is 2. The second-order valence-electron chi connectivity index (χ2n) is 4.33. The second kappa shape index (κ2) is 6.28. The maximum atomic E-state index is 5.95. The molecule has 0 aliphatic rings. The Morgan fingerprint density at radius 1 is 1.14 bits per heavy atom. The predicted molar refractivity (Wildman–Crippen MR) is 82.8 cm³/mol. The molecule has 0 radical (unpaired) electrons. The van der Waals surface area contributed by atoms with Crippen LogP contribution in [-0.2, 0) is 6.54 Å². The molecular weight excluding hydrogens is 288 g/mol. The van der Waals surface area contributed by atoms with Crippen LogP contribution in [0, 0.1) is 0 Å². The van der Waals surface area contributed by atoms with E-state index in [0.717, 1.165) is 11.4 Å². The average molecular weight is 301 g/mol. The van der Waals surface area contributed by atoms with Crippen molar-refractivity contribution in [3.8, 4) is 0 Å². The van der Waals surface area contributed by atoms with Gasteiger partial charge < -0.3 is 15.1 Å². The zero-order chi connectivity index (χ0) is 14.5. The molecule has 0 aliphatic carbocycles. The molecule has 1 aromatic carbocycles. The molecule has 0 aliphatic heterocycles. The van der Waals surface area contributed by atoms with Crippen LogP contribution in [-0.4, -0.2) is 9.97 Å². The number of halogens is 1. The van der Waals surface area contributed by atoms with Crippen LogP contribution >= 0.6 is 11.6 Å². The Hall–Kier alpha value is -2.53. The molecule has 0 fully saturated rings. The monoisotopic (exact) mass is 300 g/mol. The smallest absolute Gasteiger partial charge is 0.229 e. The molecule has 6 heteroatoms. The van der Waals surface area contributed by atoms with E-state index in [2.05, 4.69) is 20.6 Å². The Morgan fingerprint density at radius 3 is 2.90 bits per heavy atom. The number of hydrogen-bond acceptors (Lipinski definition) is 5. The van der Waals surface area contributed by atoms with Crippen LogP contribution in [0.4, 0.5) is 17.5 Å². The van der Waals surface area contributed by atoms with Crippen molar-refractivity contribution in [3.05, 3.63) is 65.7 Å². The average Bonchev–Trinajstić information content (AvgIpc) is 2.99. The van der Waals surface area contributed by atoms with Gasteiger partial charge in [-0.3, -0.25) is 0 Å². The fourth-order valence-electron chi connectivity index (χ4n) is 1.80. The molecule has 21 heavy (non-hydrogen) atoms. The van der Waals surface area contributed by atoms with Gasteiger partial charge in [0.15, 0.2) is 0 Å². The molecule has 2 heterocycles. The van der Waals surface area contributed by atoms with Crippen LogP contribution in [0.5, 0.6) is 0 Å². The van der Waals surface area contributed by atoms with E-state index in [9.17, 15) is 0 Å². The van der Waals surface area contributed by atoms with E-state index in [1.807, 2.05) is 36.4 Å². The van der Waals surface area contributed by atoms with E-state index in [1.165, 1.54) is 0 Å². The number of aromatic nitrogens is 2. The molecule has 0 atom stereocenters. The number of anilines is 3. The third-order valence-electron chi connectivity index (χ3n) is 2.76. The summed E-state index contributed by atoms with van der Waals surface area (Å²) >= 11 is 5.95. The van der Waals surface area contributed by atoms with Crippen molar-refractivity contribution in [1.29, 1.82) is 0 Å². The van der Waals surface area contributed by atoms with Gasteiger partial charge >= 0.3 is 0 Å². The van der Waals surface area contributed by atoms with Gasteiger partial charge in [0.25, 0.3) is 0 Å². The largest absolute Gasteiger partial charge is 0.467 e. The SMILES string of the molecule is Clc1cccc(Nc2nccc(NCc3ccco3)n2)c1. The van der Waals surface area contributed by atoms with E-state index >= 15 is 0 Å². The fourth-order valence-corrected chi connectivity index (χ4v) is 1.99. The topological polar surface area (TPSA) is 63.0 Å². The summed E-state index contributed by atoms with van der Waals surface area (Å²) in [6, 6.07) is 12.9. The maximum Gasteiger partial charge on any atom is 0.229 e. The molecule has 2 N–H and O–H groups in total. The first-order valence-electron chi connectivity index (χ1n) is 6.41. The first kappa shape index (κ1) is 13.5. The molecule has 106 valence electrons. The standard InChI is InChI=1S/C15H13ClN4O/c16-11-3-1-4-12(9-11)19-15-17-7-6-14(20-15)18-10-13-5-2-8-21-13/h1-9H,10H2,(H2,17,18,19,20). The normalized spacial score (nSPS) is 10.3. The Balaban J connectivity index is 1.68. The lowest BCUT2D eigenvalue weighted by Gasteiger charge is -2.07. The van der Waals surface area contributed by atoms with Crippen LogP contribution < -0.4 is 10.6 Å². The lowest BCUT2D eigenvalue weighted by atomic mass is 10.3. The molecule has 0 amide bonds. The molecule has 0 spiro atoms. The van der Waals surface area contributed by atoms with Crippen molar-refractivity contribution in [1.82, 2.24) is 9.97 Å². The molecule has 0 bridgehead atoms. The maximum absolute atomic E-state index is 5.95. The number of rotatable bonds is 5. The summed E-state index contributed by atoms with van der Waals surface area (Å²) in [5.74, 6) is 2.06. The molecule has 2 aromatic heterocycles. The van der Waals surface area contributed by atoms with Crippen LogP contribution in [0.1, 0.15) is 5.76 Å². The third-order valence-corrected chi connectivity index (χ3v) is 3.00. The Morgan fingerprint density at radius 2 is 2.10 bits per heavy atom. The Kier molecular flexibility index (Phi) is 4.02. The number of nitrogens with zero attached hydrogens (tertiary/aromatic N) is 2. The molecule has 0 unspecified atom stereocenters. The summed E-state index contributed by atoms with van der Waals surface area (Å²) < 4.78 is 5.26. The lowest BCUT2D eigenvalue weighted by molar-refractivity contribution is 0.518. The summed E-state index contributed by atoms with van der Waals surface area (Å²) in [4.78, 5) is 8.56. The number of furan rings is 1. The minimum absolute atomic E-state index is 0.502. The second-order valence-corrected chi connectivity index (χ2v) is 4.77. The number of benzene rings is 1. The quantitative estimate of drug-likeness (QED) is 0.743. The lowest BCUT2D eigenvalue weighted by Crippen LogP contribution is -2.03. The van der Waals surface area contributed by atoms with Gasteiger partial charge in [-0.25, -0.2) is 4.98 Å². The molecular formula is C15H13ClN4O. The molecule has 0 saturated heterocycles.